The second kappa shape index (κ2) is 7.36. The number of ether oxygens (including phenoxy) is 3. The van der Waals surface area contributed by atoms with E-state index in [1.54, 1.807) is 0 Å². The van der Waals surface area contributed by atoms with E-state index in [0.717, 1.165) is 31.1 Å². The van der Waals surface area contributed by atoms with Crippen molar-refractivity contribution >= 4 is 0 Å². The molecule has 1 unspecified atom stereocenters. The van der Waals surface area contributed by atoms with Gasteiger partial charge in [0.1, 0.15) is 13.2 Å². The van der Waals surface area contributed by atoms with Gasteiger partial charge in [-0.15, -0.1) is 0 Å². The fourth-order valence-electron chi connectivity index (χ4n) is 2.14. The van der Waals surface area contributed by atoms with Crippen molar-refractivity contribution in [1.29, 1.82) is 0 Å². The van der Waals surface area contributed by atoms with Crippen LogP contribution in [0.5, 0.6) is 11.5 Å². The van der Waals surface area contributed by atoms with Crippen LogP contribution in [0, 0.1) is 0 Å². The van der Waals surface area contributed by atoms with Crippen molar-refractivity contribution in [2.24, 2.45) is 0 Å². The van der Waals surface area contributed by atoms with E-state index in [-0.39, 0.29) is 6.04 Å². The monoisotopic (exact) mass is 265 g/mol. The fraction of sp³-hybridized carbons (Fsp3) is 0.600. The van der Waals surface area contributed by atoms with Gasteiger partial charge in [0.15, 0.2) is 11.5 Å². The van der Waals surface area contributed by atoms with Gasteiger partial charge in [0.25, 0.3) is 0 Å². The highest BCUT2D eigenvalue weighted by Crippen LogP contribution is 2.32. The Hall–Kier alpha value is -1.26. The van der Waals surface area contributed by atoms with E-state index < -0.39 is 0 Å². The van der Waals surface area contributed by atoms with Crippen molar-refractivity contribution in [1.82, 2.24) is 5.32 Å². The van der Waals surface area contributed by atoms with E-state index in [2.05, 4.69) is 31.3 Å². The molecule has 0 fully saturated rings. The number of benzene rings is 1. The topological polar surface area (TPSA) is 39.7 Å². The summed E-state index contributed by atoms with van der Waals surface area (Å²) in [6, 6.07) is 6.31. The van der Waals surface area contributed by atoms with Gasteiger partial charge in [-0.2, -0.15) is 0 Å². The molecular weight excluding hydrogens is 242 g/mol. The molecule has 4 nitrogen and oxygen atoms in total. The minimum Gasteiger partial charge on any atom is -0.486 e. The smallest absolute Gasteiger partial charge is 0.161 e. The van der Waals surface area contributed by atoms with Crippen LogP contribution in [0.15, 0.2) is 18.2 Å². The van der Waals surface area contributed by atoms with Crippen molar-refractivity contribution < 1.29 is 14.2 Å². The third-order valence-corrected chi connectivity index (χ3v) is 3.05. The molecule has 1 atom stereocenters. The molecule has 0 saturated carbocycles. The summed E-state index contributed by atoms with van der Waals surface area (Å²) in [6.07, 6.45) is 1.04. The molecular formula is C15H23NO3. The van der Waals surface area contributed by atoms with E-state index in [1.165, 1.54) is 5.56 Å². The molecule has 4 heteroatoms. The zero-order chi connectivity index (χ0) is 13.5. The highest BCUT2D eigenvalue weighted by atomic mass is 16.6. The number of fused-ring (bicyclic) bond motifs is 1. The predicted molar refractivity (Wildman–Crippen MR) is 75.0 cm³/mol. The molecule has 106 valence electrons. The lowest BCUT2D eigenvalue weighted by atomic mass is 10.1. The maximum Gasteiger partial charge on any atom is 0.161 e. The second-order valence-electron chi connectivity index (χ2n) is 4.59. The highest BCUT2D eigenvalue weighted by molar-refractivity contribution is 5.44. The van der Waals surface area contributed by atoms with E-state index in [1.807, 2.05) is 6.07 Å². The molecule has 1 aromatic carbocycles. The third-order valence-electron chi connectivity index (χ3n) is 3.05. The Labute approximate surface area is 115 Å². The average Bonchev–Trinajstić information content (AvgIpc) is 2.46. The molecule has 1 aromatic rings. The first-order valence-corrected chi connectivity index (χ1v) is 7.05. The molecule has 2 rings (SSSR count). The SMILES string of the molecule is CCCOCC(NCC)c1ccc2c(c1)OCCO2. The van der Waals surface area contributed by atoms with Crippen LogP contribution in [0.2, 0.25) is 0 Å². The quantitative estimate of drug-likeness (QED) is 0.769. The molecule has 0 radical (unpaired) electrons. The van der Waals surface area contributed by atoms with Crippen molar-refractivity contribution in [3.63, 3.8) is 0 Å². The van der Waals surface area contributed by atoms with Crippen LogP contribution in [0.4, 0.5) is 0 Å². The van der Waals surface area contributed by atoms with Crippen LogP contribution < -0.4 is 14.8 Å². The summed E-state index contributed by atoms with van der Waals surface area (Å²) in [7, 11) is 0. The van der Waals surface area contributed by atoms with Crippen molar-refractivity contribution in [3.05, 3.63) is 23.8 Å². The zero-order valence-corrected chi connectivity index (χ0v) is 11.8. The van der Waals surface area contributed by atoms with E-state index in [4.69, 9.17) is 14.2 Å². The molecule has 0 saturated heterocycles. The molecule has 0 aromatic heterocycles. The van der Waals surface area contributed by atoms with Crippen LogP contribution in [-0.4, -0.2) is 33.0 Å². The van der Waals surface area contributed by atoms with Crippen molar-refractivity contribution in [2.45, 2.75) is 26.3 Å². The van der Waals surface area contributed by atoms with E-state index >= 15 is 0 Å². The summed E-state index contributed by atoms with van der Waals surface area (Å²) in [4.78, 5) is 0. The number of nitrogens with one attached hydrogen (secondary N) is 1. The molecule has 1 heterocycles. The van der Waals surface area contributed by atoms with Gasteiger partial charge in [-0.1, -0.05) is 19.9 Å². The lowest BCUT2D eigenvalue weighted by molar-refractivity contribution is 0.112. The minimum atomic E-state index is 0.201. The molecule has 0 bridgehead atoms. The fourth-order valence-corrected chi connectivity index (χ4v) is 2.14. The zero-order valence-electron chi connectivity index (χ0n) is 11.8. The predicted octanol–water partition coefficient (Wildman–Crippen LogP) is 2.54. The molecule has 1 aliphatic heterocycles. The van der Waals surface area contributed by atoms with Gasteiger partial charge in [-0.05, 0) is 30.7 Å². The summed E-state index contributed by atoms with van der Waals surface area (Å²) >= 11 is 0. The first-order valence-electron chi connectivity index (χ1n) is 7.05. The molecule has 1 aliphatic rings. The maximum atomic E-state index is 5.66. The third kappa shape index (κ3) is 3.85. The first kappa shape index (κ1) is 14.2. The van der Waals surface area contributed by atoms with Crippen LogP contribution >= 0.6 is 0 Å². The van der Waals surface area contributed by atoms with Crippen LogP contribution in [-0.2, 0) is 4.74 Å². The number of hydrogen-bond acceptors (Lipinski definition) is 4. The van der Waals surface area contributed by atoms with Gasteiger partial charge < -0.3 is 19.5 Å². The van der Waals surface area contributed by atoms with Crippen molar-refractivity contribution in [3.8, 4) is 11.5 Å². The summed E-state index contributed by atoms with van der Waals surface area (Å²) in [5.74, 6) is 1.67. The summed E-state index contributed by atoms with van der Waals surface area (Å²) < 4.78 is 16.8. The Morgan fingerprint density at radius 1 is 1.21 bits per heavy atom. The molecule has 0 amide bonds. The first-order chi connectivity index (χ1) is 9.35. The maximum absolute atomic E-state index is 5.66. The summed E-state index contributed by atoms with van der Waals surface area (Å²) in [6.45, 7) is 7.86. The Bertz CT molecular complexity index is 395. The molecule has 0 spiro atoms. The highest BCUT2D eigenvalue weighted by Gasteiger charge is 2.16. The number of likely N-dealkylation sites (N-methyl/N-ethyl adjacent to an activating group) is 1. The van der Waals surface area contributed by atoms with Gasteiger partial charge in [0, 0.05) is 6.61 Å². The standard InChI is InChI=1S/C15H23NO3/c1-3-7-17-11-13(16-4-2)12-5-6-14-15(10-12)19-9-8-18-14/h5-6,10,13,16H,3-4,7-9,11H2,1-2H3. The molecule has 19 heavy (non-hydrogen) atoms. The molecule has 1 N–H and O–H groups in total. The van der Waals surface area contributed by atoms with Gasteiger partial charge in [0.05, 0.1) is 12.6 Å². The normalized spacial score (nSPS) is 15.3. The largest absolute Gasteiger partial charge is 0.486 e. The average molecular weight is 265 g/mol. The van der Waals surface area contributed by atoms with Gasteiger partial charge in [0.2, 0.25) is 0 Å². The lowest BCUT2D eigenvalue weighted by Gasteiger charge is -2.22. The van der Waals surface area contributed by atoms with E-state index in [9.17, 15) is 0 Å². The van der Waals surface area contributed by atoms with Crippen LogP contribution in [0.3, 0.4) is 0 Å². The lowest BCUT2D eigenvalue weighted by Crippen LogP contribution is -2.26. The van der Waals surface area contributed by atoms with E-state index in [0.29, 0.717) is 19.8 Å². The second-order valence-corrected chi connectivity index (χ2v) is 4.59. The number of hydrogen-bond donors (Lipinski definition) is 1. The van der Waals surface area contributed by atoms with Crippen LogP contribution in [0.25, 0.3) is 0 Å². The summed E-state index contributed by atoms with van der Waals surface area (Å²) in [5, 5.41) is 3.44. The minimum absolute atomic E-state index is 0.201. The van der Waals surface area contributed by atoms with Crippen LogP contribution in [0.1, 0.15) is 31.9 Å². The Morgan fingerprint density at radius 3 is 2.74 bits per heavy atom. The van der Waals surface area contributed by atoms with Gasteiger partial charge in [-0.25, -0.2) is 0 Å². The van der Waals surface area contributed by atoms with Gasteiger partial charge in [-0.3, -0.25) is 0 Å². The Kier molecular flexibility index (Phi) is 5.48. The van der Waals surface area contributed by atoms with Crippen molar-refractivity contribution in [2.75, 3.05) is 33.0 Å². The Morgan fingerprint density at radius 2 is 2.00 bits per heavy atom. The Balaban J connectivity index is 2.07. The molecule has 0 aliphatic carbocycles. The summed E-state index contributed by atoms with van der Waals surface area (Å²) in [5.41, 5.74) is 1.18. The number of rotatable bonds is 7. The van der Waals surface area contributed by atoms with Gasteiger partial charge >= 0.3 is 0 Å².